The maximum Gasteiger partial charge on any atom is 0.263 e. The van der Waals surface area contributed by atoms with Crippen LogP contribution < -0.4 is 0 Å². The van der Waals surface area contributed by atoms with Crippen molar-refractivity contribution in [1.82, 2.24) is 9.78 Å². The molecule has 0 radical (unpaired) electrons. The van der Waals surface area contributed by atoms with Crippen LogP contribution in [-0.4, -0.2) is 9.78 Å². The van der Waals surface area contributed by atoms with E-state index in [2.05, 4.69) is 21.0 Å². The summed E-state index contributed by atoms with van der Waals surface area (Å²) in [6.45, 7) is 0. The average Bonchev–Trinajstić information content (AvgIpc) is 2.65. The van der Waals surface area contributed by atoms with Crippen LogP contribution in [0.25, 0.3) is 5.69 Å². The minimum atomic E-state index is -2.43. The van der Waals surface area contributed by atoms with Crippen molar-refractivity contribution >= 4 is 15.9 Å². The smallest absolute Gasteiger partial charge is 0.240 e. The first kappa shape index (κ1) is 10.3. The van der Waals surface area contributed by atoms with Gasteiger partial charge < -0.3 is 0 Å². The molecule has 2 rings (SSSR count). The van der Waals surface area contributed by atoms with E-state index in [-0.39, 0.29) is 5.56 Å². The second-order valence-corrected chi connectivity index (χ2v) is 3.79. The van der Waals surface area contributed by atoms with Gasteiger partial charge in [-0.05, 0) is 34.1 Å². The third-order valence-electron chi connectivity index (χ3n) is 1.97. The Morgan fingerprint density at radius 3 is 2.27 bits per heavy atom. The predicted molar refractivity (Wildman–Crippen MR) is 56.2 cm³/mol. The number of nitrogens with zero attached hydrogens (tertiary/aromatic N) is 2. The molecule has 0 aliphatic carbocycles. The number of benzene rings is 1. The van der Waals surface area contributed by atoms with Gasteiger partial charge in [0.15, 0.2) is 0 Å². The number of rotatable bonds is 2. The van der Waals surface area contributed by atoms with Crippen molar-refractivity contribution in [2.24, 2.45) is 0 Å². The summed E-state index contributed by atoms with van der Waals surface area (Å²) >= 11 is 3.22. The Kier molecular flexibility index (Phi) is 2.81. The SMILES string of the molecule is FC(F)c1ccc(-n2ccc(Br)n2)cc1. The van der Waals surface area contributed by atoms with E-state index in [0.717, 1.165) is 5.69 Å². The molecule has 1 heterocycles. The molecule has 5 heteroatoms. The molecule has 0 spiro atoms. The second-order valence-electron chi connectivity index (χ2n) is 2.98. The highest BCUT2D eigenvalue weighted by Crippen LogP contribution is 2.20. The van der Waals surface area contributed by atoms with E-state index in [1.807, 2.05) is 0 Å². The quantitative estimate of drug-likeness (QED) is 0.817. The summed E-state index contributed by atoms with van der Waals surface area (Å²) in [6.07, 6.45) is -0.676. The molecule has 0 atom stereocenters. The molecule has 15 heavy (non-hydrogen) atoms. The maximum absolute atomic E-state index is 12.3. The highest BCUT2D eigenvalue weighted by molar-refractivity contribution is 9.10. The Balaban J connectivity index is 2.31. The van der Waals surface area contributed by atoms with Crippen molar-refractivity contribution in [3.8, 4) is 5.69 Å². The van der Waals surface area contributed by atoms with Crippen LogP contribution in [0.3, 0.4) is 0 Å². The molecule has 0 aliphatic heterocycles. The first-order chi connectivity index (χ1) is 7.16. The van der Waals surface area contributed by atoms with Gasteiger partial charge in [0.2, 0.25) is 0 Å². The van der Waals surface area contributed by atoms with Crippen molar-refractivity contribution < 1.29 is 8.78 Å². The Bertz CT molecular complexity index is 451. The monoisotopic (exact) mass is 272 g/mol. The molecule has 0 unspecified atom stereocenters. The van der Waals surface area contributed by atoms with Gasteiger partial charge in [-0.25, -0.2) is 13.5 Å². The molecule has 2 nitrogen and oxygen atoms in total. The third-order valence-corrected chi connectivity index (χ3v) is 2.39. The van der Waals surface area contributed by atoms with E-state index >= 15 is 0 Å². The van der Waals surface area contributed by atoms with Crippen molar-refractivity contribution in [3.63, 3.8) is 0 Å². The standard InChI is InChI=1S/C10H7BrF2N2/c11-9-5-6-15(14-9)8-3-1-7(2-4-8)10(12)13/h1-6,10H. The number of hydrogen-bond donors (Lipinski definition) is 0. The second kappa shape index (κ2) is 4.10. The number of aromatic nitrogens is 2. The van der Waals surface area contributed by atoms with E-state index < -0.39 is 6.43 Å². The highest BCUT2D eigenvalue weighted by Gasteiger charge is 2.06. The summed E-state index contributed by atoms with van der Waals surface area (Å²) in [4.78, 5) is 0. The maximum atomic E-state index is 12.3. The average molecular weight is 273 g/mol. The summed E-state index contributed by atoms with van der Waals surface area (Å²) in [7, 11) is 0. The summed E-state index contributed by atoms with van der Waals surface area (Å²) in [6, 6.07) is 7.80. The van der Waals surface area contributed by atoms with Gasteiger partial charge >= 0.3 is 0 Å². The van der Waals surface area contributed by atoms with Gasteiger partial charge in [-0.1, -0.05) is 12.1 Å². The van der Waals surface area contributed by atoms with Crippen LogP contribution in [0.1, 0.15) is 12.0 Å². The lowest BCUT2D eigenvalue weighted by molar-refractivity contribution is 0.151. The molecule has 0 saturated heterocycles. The van der Waals surface area contributed by atoms with Crippen LogP contribution >= 0.6 is 15.9 Å². The van der Waals surface area contributed by atoms with Crippen LogP contribution in [0.4, 0.5) is 8.78 Å². The summed E-state index contributed by atoms with van der Waals surface area (Å²) < 4.78 is 26.9. The van der Waals surface area contributed by atoms with E-state index in [4.69, 9.17) is 0 Å². The van der Waals surface area contributed by atoms with E-state index in [1.165, 1.54) is 12.1 Å². The minimum Gasteiger partial charge on any atom is -0.240 e. The van der Waals surface area contributed by atoms with Crippen molar-refractivity contribution in [2.45, 2.75) is 6.43 Å². The first-order valence-electron chi connectivity index (χ1n) is 4.26. The van der Waals surface area contributed by atoms with E-state index in [1.54, 1.807) is 29.1 Å². The zero-order chi connectivity index (χ0) is 10.8. The van der Waals surface area contributed by atoms with Gasteiger partial charge in [0.05, 0.1) is 5.69 Å². The summed E-state index contributed by atoms with van der Waals surface area (Å²) in [5, 5.41) is 4.10. The highest BCUT2D eigenvalue weighted by atomic mass is 79.9. The third kappa shape index (κ3) is 2.23. The zero-order valence-corrected chi connectivity index (χ0v) is 9.16. The molecule has 0 N–H and O–H groups in total. The minimum absolute atomic E-state index is 0.0185. The Labute approximate surface area is 93.7 Å². The molecule has 0 bridgehead atoms. The first-order valence-corrected chi connectivity index (χ1v) is 5.06. The van der Waals surface area contributed by atoms with Crippen LogP contribution in [0, 0.1) is 0 Å². The molecule has 0 amide bonds. The molecular formula is C10H7BrF2N2. The van der Waals surface area contributed by atoms with Gasteiger partial charge in [0.1, 0.15) is 4.60 Å². The molecule has 0 fully saturated rings. The lowest BCUT2D eigenvalue weighted by Gasteiger charge is -2.03. The zero-order valence-electron chi connectivity index (χ0n) is 7.57. The lowest BCUT2D eigenvalue weighted by Crippen LogP contribution is -1.94. The molecule has 0 saturated carbocycles. The van der Waals surface area contributed by atoms with Gasteiger partial charge in [-0.2, -0.15) is 5.10 Å². The lowest BCUT2D eigenvalue weighted by atomic mass is 10.2. The van der Waals surface area contributed by atoms with Gasteiger partial charge in [0.25, 0.3) is 6.43 Å². The molecular weight excluding hydrogens is 266 g/mol. The molecule has 0 aliphatic rings. The van der Waals surface area contributed by atoms with Gasteiger partial charge in [0, 0.05) is 11.8 Å². The van der Waals surface area contributed by atoms with Crippen molar-refractivity contribution in [3.05, 3.63) is 46.7 Å². The van der Waals surface area contributed by atoms with E-state index in [0.29, 0.717) is 4.60 Å². The number of halogens is 3. The molecule has 2 aromatic rings. The Morgan fingerprint density at radius 2 is 1.80 bits per heavy atom. The van der Waals surface area contributed by atoms with Crippen LogP contribution in [0.2, 0.25) is 0 Å². The van der Waals surface area contributed by atoms with Gasteiger partial charge in [-0.3, -0.25) is 0 Å². The Morgan fingerprint density at radius 1 is 1.13 bits per heavy atom. The van der Waals surface area contributed by atoms with Crippen molar-refractivity contribution in [2.75, 3.05) is 0 Å². The number of hydrogen-bond acceptors (Lipinski definition) is 1. The molecule has 1 aromatic heterocycles. The van der Waals surface area contributed by atoms with Crippen LogP contribution in [-0.2, 0) is 0 Å². The van der Waals surface area contributed by atoms with Crippen LogP contribution in [0.15, 0.2) is 41.1 Å². The van der Waals surface area contributed by atoms with Gasteiger partial charge in [-0.15, -0.1) is 0 Å². The summed E-state index contributed by atoms with van der Waals surface area (Å²) in [5.41, 5.74) is 0.773. The fraction of sp³-hybridized carbons (Fsp3) is 0.100. The van der Waals surface area contributed by atoms with E-state index in [9.17, 15) is 8.78 Å². The summed E-state index contributed by atoms with van der Waals surface area (Å²) in [5.74, 6) is 0. The fourth-order valence-corrected chi connectivity index (χ4v) is 1.51. The molecule has 78 valence electrons. The fourth-order valence-electron chi connectivity index (χ4n) is 1.22. The number of alkyl halides is 2. The topological polar surface area (TPSA) is 17.8 Å². The van der Waals surface area contributed by atoms with Crippen molar-refractivity contribution in [1.29, 1.82) is 0 Å². The Hall–Kier alpha value is -1.23. The normalized spacial score (nSPS) is 10.9. The van der Waals surface area contributed by atoms with Crippen LogP contribution in [0.5, 0.6) is 0 Å². The largest absolute Gasteiger partial charge is 0.263 e. The predicted octanol–water partition coefficient (Wildman–Crippen LogP) is 3.57. The molecule has 1 aromatic carbocycles.